The first kappa shape index (κ1) is 14.8. The Kier molecular flexibility index (Phi) is 4.23. The maximum Gasteiger partial charge on any atom is 0.250 e. The van der Waals surface area contributed by atoms with Crippen LogP contribution >= 0.6 is 0 Å². The number of benzene rings is 1. The van der Waals surface area contributed by atoms with Crippen LogP contribution in [0.25, 0.3) is 0 Å². The summed E-state index contributed by atoms with van der Waals surface area (Å²) >= 11 is 0. The highest BCUT2D eigenvalue weighted by Gasteiger charge is 2.34. The Morgan fingerprint density at radius 3 is 2.73 bits per heavy atom. The molecule has 1 saturated heterocycles. The quantitative estimate of drug-likeness (QED) is 0.840. The summed E-state index contributed by atoms with van der Waals surface area (Å²) in [5, 5.41) is 0. The molecule has 2 atom stereocenters. The molecule has 1 heterocycles. The number of nitrogens with zero attached hydrogens (tertiary/aromatic N) is 1. The summed E-state index contributed by atoms with van der Waals surface area (Å²) < 4.78 is 0. The van der Waals surface area contributed by atoms with Gasteiger partial charge in [0.2, 0.25) is 5.91 Å². The number of ketones is 1. The number of hydrogen-bond acceptors (Lipinski definition) is 2. The van der Waals surface area contributed by atoms with Gasteiger partial charge in [0.1, 0.15) is 0 Å². The lowest BCUT2D eigenvalue weighted by Crippen LogP contribution is -2.32. The smallest absolute Gasteiger partial charge is 0.250 e. The van der Waals surface area contributed by atoms with E-state index in [9.17, 15) is 9.59 Å². The minimum Gasteiger partial charge on any atom is -0.335 e. The van der Waals surface area contributed by atoms with E-state index in [1.807, 2.05) is 41.3 Å². The van der Waals surface area contributed by atoms with E-state index in [2.05, 4.69) is 6.92 Å². The van der Waals surface area contributed by atoms with Crippen molar-refractivity contribution in [2.24, 2.45) is 11.8 Å². The Hall–Kier alpha value is -2.16. The third-order valence-corrected chi connectivity index (χ3v) is 4.67. The standard InChI is InChI=1S/C19H21NO2/c1-14-10-11-20(13-15-6-3-2-4-7-15)19(22)17-9-5-8-16(21)12-18(14)17/h2-9,14,18H,10-13H2,1H3. The van der Waals surface area contributed by atoms with Crippen molar-refractivity contribution in [3.05, 3.63) is 59.7 Å². The van der Waals surface area contributed by atoms with Crippen LogP contribution in [0.15, 0.2) is 54.1 Å². The number of likely N-dealkylation sites (tertiary alicyclic amines) is 1. The van der Waals surface area contributed by atoms with E-state index >= 15 is 0 Å². The number of carbonyl (C=O) groups is 2. The molecule has 1 aliphatic carbocycles. The van der Waals surface area contributed by atoms with Crippen molar-refractivity contribution in [3.63, 3.8) is 0 Å². The molecule has 1 aromatic rings. The monoisotopic (exact) mass is 295 g/mol. The second-order valence-corrected chi connectivity index (χ2v) is 6.24. The average Bonchev–Trinajstić information content (AvgIpc) is 2.77. The second kappa shape index (κ2) is 6.30. The van der Waals surface area contributed by atoms with Gasteiger partial charge in [0.15, 0.2) is 5.78 Å². The molecule has 114 valence electrons. The largest absolute Gasteiger partial charge is 0.335 e. The molecule has 22 heavy (non-hydrogen) atoms. The van der Waals surface area contributed by atoms with Gasteiger partial charge in [-0.3, -0.25) is 9.59 Å². The van der Waals surface area contributed by atoms with E-state index < -0.39 is 0 Å². The Morgan fingerprint density at radius 1 is 1.18 bits per heavy atom. The van der Waals surface area contributed by atoms with Gasteiger partial charge in [-0.2, -0.15) is 0 Å². The molecule has 3 rings (SSSR count). The predicted octanol–water partition coefficient (Wildman–Crippen LogP) is 3.13. The molecule has 0 radical (unpaired) electrons. The number of carbonyl (C=O) groups excluding carboxylic acids is 2. The summed E-state index contributed by atoms with van der Waals surface area (Å²) in [7, 11) is 0. The van der Waals surface area contributed by atoms with Crippen LogP contribution < -0.4 is 0 Å². The zero-order valence-electron chi connectivity index (χ0n) is 12.9. The molecule has 0 saturated carbocycles. The van der Waals surface area contributed by atoms with Crippen LogP contribution in [0.4, 0.5) is 0 Å². The number of allylic oxidation sites excluding steroid dienone is 3. The molecule has 3 nitrogen and oxygen atoms in total. The second-order valence-electron chi connectivity index (χ2n) is 6.24. The molecular weight excluding hydrogens is 274 g/mol. The van der Waals surface area contributed by atoms with Crippen LogP contribution in [0.1, 0.15) is 25.3 Å². The predicted molar refractivity (Wildman–Crippen MR) is 86.0 cm³/mol. The first-order valence-corrected chi connectivity index (χ1v) is 7.89. The van der Waals surface area contributed by atoms with Gasteiger partial charge in [-0.1, -0.05) is 49.4 Å². The normalized spacial score (nSPS) is 25.3. The average molecular weight is 295 g/mol. The number of hydrogen-bond donors (Lipinski definition) is 0. The van der Waals surface area contributed by atoms with Crippen molar-refractivity contribution in [2.75, 3.05) is 6.54 Å². The first-order valence-electron chi connectivity index (χ1n) is 7.89. The fraction of sp³-hybridized carbons (Fsp3) is 0.368. The molecule has 1 aromatic carbocycles. The Morgan fingerprint density at radius 2 is 1.95 bits per heavy atom. The van der Waals surface area contributed by atoms with Crippen molar-refractivity contribution in [1.29, 1.82) is 0 Å². The zero-order chi connectivity index (χ0) is 15.5. The fourth-order valence-electron chi connectivity index (χ4n) is 3.31. The number of fused-ring (bicyclic) bond motifs is 1. The van der Waals surface area contributed by atoms with Crippen molar-refractivity contribution in [1.82, 2.24) is 4.90 Å². The molecule has 0 spiro atoms. The molecular formula is C19H21NO2. The van der Waals surface area contributed by atoms with E-state index in [1.165, 1.54) is 0 Å². The molecule has 2 aliphatic rings. The molecule has 0 aromatic heterocycles. The van der Waals surface area contributed by atoms with Gasteiger partial charge < -0.3 is 4.90 Å². The van der Waals surface area contributed by atoms with Gasteiger partial charge in [-0.05, 0) is 29.9 Å². The minimum atomic E-state index is 0.0516. The van der Waals surface area contributed by atoms with Crippen molar-refractivity contribution < 1.29 is 9.59 Å². The van der Waals surface area contributed by atoms with Crippen LogP contribution in [0, 0.1) is 11.8 Å². The van der Waals surface area contributed by atoms with Crippen LogP contribution in [0.2, 0.25) is 0 Å². The van der Waals surface area contributed by atoms with E-state index in [-0.39, 0.29) is 17.6 Å². The highest BCUT2D eigenvalue weighted by atomic mass is 16.2. The highest BCUT2D eigenvalue weighted by Crippen LogP contribution is 2.33. The Labute approximate surface area is 131 Å². The van der Waals surface area contributed by atoms with Gasteiger partial charge in [0.25, 0.3) is 0 Å². The molecule has 3 heteroatoms. The van der Waals surface area contributed by atoms with Gasteiger partial charge in [-0.25, -0.2) is 0 Å². The van der Waals surface area contributed by atoms with Gasteiger partial charge >= 0.3 is 0 Å². The highest BCUT2D eigenvalue weighted by molar-refractivity contribution is 5.98. The number of amides is 1. The zero-order valence-corrected chi connectivity index (χ0v) is 12.9. The van der Waals surface area contributed by atoms with Crippen molar-refractivity contribution >= 4 is 11.7 Å². The number of rotatable bonds is 2. The summed E-state index contributed by atoms with van der Waals surface area (Å²) in [5.41, 5.74) is 1.94. The van der Waals surface area contributed by atoms with E-state index in [0.717, 1.165) is 24.1 Å². The Balaban J connectivity index is 1.86. The summed E-state index contributed by atoms with van der Waals surface area (Å²) in [6.07, 6.45) is 6.55. The summed E-state index contributed by atoms with van der Waals surface area (Å²) in [6, 6.07) is 10.1. The summed E-state index contributed by atoms with van der Waals surface area (Å²) in [5.74, 6) is 0.598. The van der Waals surface area contributed by atoms with Crippen LogP contribution in [0.5, 0.6) is 0 Å². The fourth-order valence-corrected chi connectivity index (χ4v) is 3.31. The lowest BCUT2D eigenvalue weighted by molar-refractivity contribution is -0.127. The van der Waals surface area contributed by atoms with Crippen molar-refractivity contribution in [2.45, 2.75) is 26.3 Å². The first-order chi connectivity index (χ1) is 10.6. The van der Waals surface area contributed by atoms with E-state index in [1.54, 1.807) is 12.2 Å². The molecule has 1 aliphatic heterocycles. The molecule has 0 N–H and O–H groups in total. The maximum atomic E-state index is 12.9. The topological polar surface area (TPSA) is 37.4 Å². The SMILES string of the molecule is CC1CCN(Cc2ccccc2)C(=O)C2=CC=CC(=O)CC21. The van der Waals surface area contributed by atoms with E-state index in [0.29, 0.717) is 18.9 Å². The third kappa shape index (κ3) is 3.03. The van der Waals surface area contributed by atoms with Crippen LogP contribution in [-0.4, -0.2) is 23.1 Å². The Bertz CT molecular complexity index is 630. The van der Waals surface area contributed by atoms with Gasteiger partial charge in [-0.15, -0.1) is 0 Å². The van der Waals surface area contributed by atoms with E-state index in [4.69, 9.17) is 0 Å². The molecule has 1 fully saturated rings. The molecule has 0 bridgehead atoms. The van der Waals surface area contributed by atoms with Gasteiger partial charge in [0, 0.05) is 25.1 Å². The summed E-state index contributed by atoms with van der Waals surface area (Å²) in [6.45, 7) is 3.53. The lowest BCUT2D eigenvalue weighted by Gasteiger charge is -2.22. The van der Waals surface area contributed by atoms with Gasteiger partial charge in [0.05, 0.1) is 0 Å². The molecule has 1 amide bonds. The summed E-state index contributed by atoms with van der Waals surface area (Å²) in [4.78, 5) is 26.6. The van der Waals surface area contributed by atoms with Crippen molar-refractivity contribution in [3.8, 4) is 0 Å². The third-order valence-electron chi connectivity index (χ3n) is 4.67. The van der Waals surface area contributed by atoms with Crippen LogP contribution in [-0.2, 0) is 16.1 Å². The maximum absolute atomic E-state index is 12.9. The molecule has 2 unspecified atom stereocenters. The minimum absolute atomic E-state index is 0.0516. The lowest BCUT2D eigenvalue weighted by atomic mass is 9.83. The van der Waals surface area contributed by atoms with Crippen LogP contribution in [0.3, 0.4) is 0 Å².